The third kappa shape index (κ3) is 2.94. The number of halogens is 2. The Morgan fingerprint density at radius 2 is 1.52 bits per heavy atom. The van der Waals surface area contributed by atoms with Crippen molar-refractivity contribution in [2.45, 2.75) is 6.04 Å². The highest BCUT2D eigenvalue weighted by molar-refractivity contribution is 9.10. The summed E-state index contributed by atoms with van der Waals surface area (Å²) < 4.78 is 7.65. The molecule has 1 atom stereocenters. The van der Waals surface area contributed by atoms with Crippen molar-refractivity contribution in [3.63, 3.8) is 0 Å². The van der Waals surface area contributed by atoms with Gasteiger partial charge in [-0.25, -0.2) is 0 Å². The fourth-order valence-electron chi connectivity index (χ4n) is 3.76. The number of amides is 1. The fourth-order valence-corrected chi connectivity index (χ4v) is 4.39. The van der Waals surface area contributed by atoms with Crippen molar-refractivity contribution in [3.05, 3.63) is 109 Å². The van der Waals surface area contributed by atoms with Gasteiger partial charge in [-0.15, -0.1) is 0 Å². The summed E-state index contributed by atoms with van der Waals surface area (Å²) in [6.45, 7) is 0. The van der Waals surface area contributed by atoms with Crippen molar-refractivity contribution in [1.82, 2.24) is 0 Å². The second kappa shape index (κ2) is 6.97. The van der Waals surface area contributed by atoms with Crippen molar-refractivity contribution < 1.29 is 9.21 Å². The average molecular weight is 511 g/mol. The van der Waals surface area contributed by atoms with Gasteiger partial charge in [-0.2, -0.15) is 0 Å². The van der Waals surface area contributed by atoms with Gasteiger partial charge in [0.25, 0.3) is 5.91 Å². The molecule has 4 nitrogen and oxygen atoms in total. The van der Waals surface area contributed by atoms with Crippen LogP contribution in [0.15, 0.2) is 91.0 Å². The van der Waals surface area contributed by atoms with E-state index in [1.807, 2.05) is 54.6 Å². The summed E-state index contributed by atoms with van der Waals surface area (Å²) in [6.07, 6.45) is 0. The summed E-state index contributed by atoms with van der Waals surface area (Å²) in [5.41, 5.74) is 2.13. The molecular formula is C23H13Br2NO3. The molecule has 1 aliphatic heterocycles. The van der Waals surface area contributed by atoms with Gasteiger partial charge in [0.05, 0.1) is 17.0 Å². The zero-order valence-corrected chi connectivity index (χ0v) is 18.1. The van der Waals surface area contributed by atoms with E-state index >= 15 is 0 Å². The number of hydrogen-bond donors (Lipinski definition) is 0. The van der Waals surface area contributed by atoms with Gasteiger partial charge in [-0.05, 0) is 48.0 Å². The minimum Gasteiger partial charge on any atom is -0.450 e. The maximum atomic E-state index is 13.5. The molecule has 4 aromatic rings. The Labute approximate surface area is 183 Å². The van der Waals surface area contributed by atoms with E-state index < -0.39 is 6.04 Å². The van der Waals surface area contributed by atoms with E-state index in [-0.39, 0.29) is 17.1 Å². The van der Waals surface area contributed by atoms with E-state index in [1.54, 1.807) is 23.1 Å². The highest BCUT2D eigenvalue weighted by atomic mass is 79.9. The maximum Gasteiger partial charge on any atom is 0.295 e. The topological polar surface area (TPSA) is 50.5 Å². The molecule has 0 spiro atoms. The minimum atomic E-state index is -0.556. The van der Waals surface area contributed by atoms with Gasteiger partial charge >= 0.3 is 0 Å². The molecule has 0 radical (unpaired) electrons. The molecule has 29 heavy (non-hydrogen) atoms. The van der Waals surface area contributed by atoms with Crippen LogP contribution in [0.25, 0.3) is 11.0 Å². The van der Waals surface area contributed by atoms with E-state index in [9.17, 15) is 9.59 Å². The lowest BCUT2D eigenvalue weighted by Crippen LogP contribution is -2.29. The lowest BCUT2D eigenvalue weighted by atomic mass is 9.98. The molecule has 2 heterocycles. The van der Waals surface area contributed by atoms with Gasteiger partial charge in [0.2, 0.25) is 5.76 Å². The quantitative estimate of drug-likeness (QED) is 0.329. The number of benzene rings is 3. The molecule has 0 fully saturated rings. The van der Waals surface area contributed by atoms with E-state index in [0.29, 0.717) is 22.2 Å². The Hall–Kier alpha value is -2.70. The minimum absolute atomic E-state index is 0.0987. The van der Waals surface area contributed by atoms with Crippen LogP contribution in [0.3, 0.4) is 0 Å². The predicted molar refractivity (Wildman–Crippen MR) is 119 cm³/mol. The summed E-state index contributed by atoms with van der Waals surface area (Å²) in [5.74, 6) is -0.223. The van der Waals surface area contributed by atoms with Crippen LogP contribution in [0.1, 0.15) is 27.7 Å². The molecule has 1 amide bonds. The predicted octanol–water partition coefficient (Wildman–Crippen LogP) is 6.07. The maximum absolute atomic E-state index is 13.5. The normalized spacial score (nSPS) is 15.7. The second-order valence-electron chi connectivity index (χ2n) is 6.78. The average Bonchev–Trinajstić information content (AvgIpc) is 3.03. The summed E-state index contributed by atoms with van der Waals surface area (Å²) >= 11 is 6.84. The van der Waals surface area contributed by atoms with Crippen LogP contribution in [-0.4, -0.2) is 5.91 Å². The molecule has 1 aliphatic rings. The number of rotatable bonds is 2. The molecule has 0 saturated carbocycles. The molecule has 142 valence electrons. The summed E-state index contributed by atoms with van der Waals surface area (Å²) in [4.78, 5) is 28.5. The van der Waals surface area contributed by atoms with E-state index in [2.05, 4.69) is 31.9 Å². The molecule has 6 heteroatoms. The first kappa shape index (κ1) is 18.3. The van der Waals surface area contributed by atoms with Gasteiger partial charge in [-0.1, -0.05) is 62.2 Å². The lowest BCUT2D eigenvalue weighted by molar-refractivity contribution is 0.0971. The SMILES string of the molecule is O=C1c2oc3ccc(Br)cc3c(=O)c2C(c2ccccc2)N1c1ccc(Br)cc1. The number of carbonyl (C=O) groups is 1. The summed E-state index contributed by atoms with van der Waals surface area (Å²) in [7, 11) is 0. The van der Waals surface area contributed by atoms with Crippen LogP contribution in [0.5, 0.6) is 0 Å². The summed E-state index contributed by atoms with van der Waals surface area (Å²) in [6, 6.07) is 21.7. The zero-order chi connectivity index (χ0) is 20.1. The number of fused-ring (bicyclic) bond motifs is 2. The standard InChI is InChI=1S/C23H13Br2NO3/c24-14-6-9-16(10-7-14)26-20(13-4-2-1-3-5-13)19-21(27)17-12-15(25)8-11-18(17)29-22(19)23(26)28/h1-12,20H. The van der Waals surface area contributed by atoms with E-state index in [0.717, 1.165) is 14.5 Å². The third-order valence-electron chi connectivity index (χ3n) is 5.05. The van der Waals surface area contributed by atoms with Gasteiger partial charge in [0, 0.05) is 14.6 Å². The molecule has 1 unspecified atom stereocenters. The number of hydrogen-bond acceptors (Lipinski definition) is 3. The molecule has 5 rings (SSSR count). The van der Waals surface area contributed by atoms with Crippen LogP contribution >= 0.6 is 31.9 Å². The first-order chi connectivity index (χ1) is 14.0. The first-order valence-electron chi connectivity index (χ1n) is 8.95. The first-order valence-corrected chi connectivity index (χ1v) is 10.5. The number of anilines is 1. The molecular weight excluding hydrogens is 498 g/mol. The Morgan fingerprint density at radius 1 is 0.828 bits per heavy atom. The van der Waals surface area contributed by atoms with Crippen molar-refractivity contribution >= 4 is 54.4 Å². The largest absolute Gasteiger partial charge is 0.450 e. The molecule has 0 saturated heterocycles. The third-order valence-corrected chi connectivity index (χ3v) is 6.07. The Morgan fingerprint density at radius 3 is 2.24 bits per heavy atom. The van der Waals surface area contributed by atoms with Crippen LogP contribution < -0.4 is 10.3 Å². The lowest BCUT2D eigenvalue weighted by Gasteiger charge is -2.25. The van der Waals surface area contributed by atoms with Gasteiger partial charge in [-0.3, -0.25) is 14.5 Å². The van der Waals surface area contributed by atoms with Crippen LogP contribution in [0, 0.1) is 0 Å². The van der Waals surface area contributed by atoms with Crippen LogP contribution in [0.4, 0.5) is 5.69 Å². The van der Waals surface area contributed by atoms with E-state index in [1.165, 1.54) is 0 Å². The van der Waals surface area contributed by atoms with Gasteiger partial charge in [0.1, 0.15) is 5.58 Å². The monoisotopic (exact) mass is 509 g/mol. The highest BCUT2D eigenvalue weighted by Crippen LogP contribution is 2.41. The second-order valence-corrected chi connectivity index (χ2v) is 8.61. The van der Waals surface area contributed by atoms with Crippen molar-refractivity contribution in [1.29, 1.82) is 0 Å². The molecule has 0 N–H and O–H groups in total. The summed E-state index contributed by atoms with van der Waals surface area (Å²) in [5, 5.41) is 0.449. The number of nitrogens with zero attached hydrogens (tertiary/aromatic N) is 1. The van der Waals surface area contributed by atoms with Crippen molar-refractivity contribution in [2.75, 3.05) is 4.90 Å². The molecule has 0 bridgehead atoms. The molecule has 3 aromatic carbocycles. The fraction of sp³-hybridized carbons (Fsp3) is 0.0435. The molecule has 0 aliphatic carbocycles. The smallest absolute Gasteiger partial charge is 0.295 e. The van der Waals surface area contributed by atoms with Crippen LogP contribution in [-0.2, 0) is 0 Å². The Bertz CT molecular complexity index is 1310. The van der Waals surface area contributed by atoms with Crippen LogP contribution in [0.2, 0.25) is 0 Å². The Balaban J connectivity index is 1.82. The van der Waals surface area contributed by atoms with Crippen molar-refractivity contribution in [2.24, 2.45) is 0 Å². The Kier molecular flexibility index (Phi) is 4.41. The van der Waals surface area contributed by atoms with E-state index in [4.69, 9.17) is 4.42 Å². The van der Waals surface area contributed by atoms with Gasteiger partial charge < -0.3 is 4.42 Å². The number of carbonyl (C=O) groups excluding carboxylic acids is 1. The molecule has 1 aromatic heterocycles. The zero-order valence-electron chi connectivity index (χ0n) is 14.9. The van der Waals surface area contributed by atoms with Gasteiger partial charge in [0.15, 0.2) is 5.43 Å². The highest BCUT2D eigenvalue weighted by Gasteiger charge is 2.43. The van der Waals surface area contributed by atoms with Crippen molar-refractivity contribution in [3.8, 4) is 0 Å².